The minimum Gasteiger partial charge on any atom is -0.477 e. The zero-order chi connectivity index (χ0) is 22.7. The molecule has 0 aliphatic rings. The number of carboxylic acids is 1. The molecule has 4 aromatic rings. The summed E-state index contributed by atoms with van der Waals surface area (Å²) < 4.78 is 13.5. The molecule has 2 N–H and O–H groups in total. The van der Waals surface area contributed by atoms with Crippen LogP contribution in [0.1, 0.15) is 10.5 Å². The summed E-state index contributed by atoms with van der Waals surface area (Å²) in [6.07, 6.45) is 3.49. The average molecular weight is 451 g/mol. The van der Waals surface area contributed by atoms with Crippen LogP contribution < -0.4 is 4.74 Å². The number of H-pyrrole nitrogens is 1. The van der Waals surface area contributed by atoms with Crippen molar-refractivity contribution in [3.63, 3.8) is 0 Å². The summed E-state index contributed by atoms with van der Waals surface area (Å²) in [5, 5.41) is 14.3. The molecule has 8 nitrogen and oxygen atoms in total. The minimum absolute atomic E-state index is 0.140. The average Bonchev–Trinajstić information content (AvgIpc) is 3.38. The first-order chi connectivity index (χ1) is 15.3. The third kappa shape index (κ3) is 5.24. The van der Waals surface area contributed by atoms with E-state index in [0.717, 1.165) is 29.3 Å². The van der Waals surface area contributed by atoms with Gasteiger partial charge in [0, 0.05) is 55.7 Å². The molecular formula is C23H26N4O4Si. The van der Waals surface area contributed by atoms with Crippen molar-refractivity contribution in [3.05, 3.63) is 60.6 Å². The standard InChI is InChI=1S/C23H26N4O4Si/c1-32(2,3)11-10-30-15-27-21(8-9-25-27)17-5-7-22(24-14-17)31-18-6-4-16-12-20(23(28)29)26-19(16)13-18/h4-9,12-14,26H,10-11,15H2,1-3H3,(H,28,29). The summed E-state index contributed by atoms with van der Waals surface area (Å²) in [4.78, 5) is 18.4. The maximum Gasteiger partial charge on any atom is 0.352 e. The molecule has 166 valence electrons. The van der Waals surface area contributed by atoms with Gasteiger partial charge in [-0.15, -0.1) is 0 Å². The second kappa shape index (κ2) is 8.97. The number of carbonyl (C=O) groups is 1. The van der Waals surface area contributed by atoms with E-state index in [1.165, 1.54) is 0 Å². The predicted octanol–water partition coefficient (Wildman–Crippen LogP) is 5.23. The Morgan fingerprint density at radius 1 is 1.16 bits per heavy atom. The molecule has 3 heterocycles. The fourth-order valence-electron chi connectivity index (χ4n) is 3.21. The van der Waals surface area contributed by atoms with Crippen LogP contribution in [0, 0.1) is 0 Å². The number of aromatic nitrogens is 4. The lowest BCUT2D eigenvalue weighted by Gasteiger charge is -2.16. The number of nitrogens with one attached hydrogen (secondary N) is 1. The molecule has 0 saturated carbocycles. The molecule has 0 saturated heterocycles. The number of ether oxygens (including phenoxy) is 2. The van der Waals surface area contributed by atoms with Gasteiger partial charge in [-0.3, -0.25) is 0 Å². The van der Waals surface area contributed by atoms with Gasteiger partial charge in [0.15, 0.2) is 0 Å². The van der Waals surface area contributed by atoms with Gasteiger partial charge in [-0.05, 0) is 36.4 Å². The van der Waals surface area contributed by atoms with E-state index in [1.54, 1.807) is 36.7 Å². The molecule has 9 heteroatoms. The first-order valence-corrected chi connectivity index (χ1v) is 14.1. The van der Waals surface area contributed by atoms with Crippen LogP contribution in [0.2, 0.25) is 25.7 Å². The normalized spacial score (nSPS) is 11.7. The maximum atomic E-state index is 11.1. The Balaban J connectivity index is 1.42. The number of rotatable bonds is 9. The molecule has 4 rings (SSSR count). The zero-order valence-corrected chi connectivity index (χ0v) is 19.3. The number of aromatic amines is 1. The molecule has 0 unspecified atom stereocenters. The van der Waals surface area contributed by atoms with E-state index in [9.17, 15) is 4.79 Å². The van der Waals surface area contributed by atoms with Gasteiger partial charge >= 0.3 is 5.97 Å². The Morgan fingerprint density at radius 2 is 2.00 bits per heavy atom. The van der Waals surface area contributed by atoms with E-state index < -0.39 is 14.0 Å². The number of pyridine rings is 1. The highest BCUT2D eigenvalue weighted by Gasteiger charge is 2.13. The number of benzene rings is 1. The van der Waals surface area contributed by atoms with Crippen molar-refractivity contribution in [2.24, 2.45) is 0 Å². The van der Waals surface area contributed by atoms with Crippen LogP contribution in [-0.4, -0.2) is 45.5 Å². The maximum absolute atomic E-state index is 11.1. The monoisotopic (exact) mass is 450 g/mol. The second-order valence-electron chi connectivity index (χ2n) is 8.79. The Hall–Kier alpha value is -3.43. The van der Waals surface area contributed by atoms with Gasteiger partial charge in [-0.1, -0.05) is 19.6 Å². The van der Waals surface area contributed by atoms with Crippen molar-refractivity contribution in [3.8, 4) is 22.9 Å². The lowest BCUT2D eigenvalue weighted by atomic mass is 10.2. The Morgan fingerprint density at radius 3 is 2.72 bits per heavy atom. The van der Waals surface area contributed by atoms with Gasteiger partial charge in [0.1, 0.15) is 18.2 Å². The van der Waals surface area contributed by atoms with E-state index in [0.29, 0.717) is 23.9 Å². The second-order valence-corrected chi connectivity index (χ2v) is 14.4. The first-order valence-electron chi connectivity index (χ1n) is 10.4. The number of nitrogens with zero attached hydrogens (tertiary/aromatic N) is 3. The number of fused-ring (bicyclic) bond motifs is 1. The van der Waals surface area contributed by atoms with E-state index in [-0.39, 0.29) is 5.69 Å². The lowest BCUT2D eigenvalue weighted by molar-refractivity contribution is 0.0691. The van der Waals surface area contributed by atoms with Crippen LogP contribution in [0.4, 0.5) is 0 Å². The third-order valence-electron chi connectivity index (χ3n) is 5.01. The zero-order valence-electron chi connectivity index (χ0n) is 18.3. The molecule has 0 aliphatic heterocycles. The van der Waals surface area contributed by atoms with Gasteiger partial charge in [0.25, 0.3) is 0 Å². The van der Waals surface area contributed by atoms with Crippen LogP contribution in [0.5, 0.6) is 11.6 Å². The molecule has 0 aliphatic carbocycles. The summed E-state index contributed by atoms with van der Waals surface area (Å²) in [5.74, 6) is 0.00886. The molecule has 0 atom stereocenters. The van der Waals surface area contributed by atoms with Crippen molar-refractivity contribution in [1.29, 1.82) is 0 Å². The topological polar surface area (TPSA) is 102 Å². The van der Waals surface area contributed by atoms with E-state index >= 15 is 0 Å². The van der Waals surface area contributed by atoms with E-state index in [1.807, 2.05) is 22.9 Å². The minimum atomic E-state index is -1.12. The van der Waals surface area contributed by atoms with Gasteiger partial charge < -0.3 is 19.6 Å². The quantitative estimate of drug-likeness (QED) is 0.267. The fraction of sp³-hybridized carbons (Fsp3) is 0.261. The Labute approximate surface area is 186 Å². The van der Waals surface area contributed by atoms with Crippen LogP contribution in [0.15, 0.2) is 54.9 Å². The van der Waals surface area contributed by atoms with Gasteiger partial charge in [-0.2, -0.15) is 5.10 Å². The summed E-state index contributed by atoms with van der Waals surface area (Å²) in [6, 6.07) is 13.7. The number of hydrogen-bond donors (Lipinski definition) is 2. The Kier molecular flexibility index (Phi) is 6.11. The van der Waals surface area contributed by atoms with Gasteiger partial charge in [0.05, 0.1) is 5.69 Å². The molecule has 0 fully saturated rings. The Bertz CT molecular complexity index is 1230. The molecule has 0 spiro atoms. The molecule has 3 aromatic heterocycles. The lowest BCUT2D eigenvalue weighted by Crippen LogP contribution is -2.22. The highest BCUT2D eigenvalue weighted by molar-refractivity contribution is 6.76. The molecule has 32 heavy (non-hydrogen) atoms. The van der Waals surface area contributed by atoms with E-state index in [2.05, 4.69) is 34.7 Å². The molecule has 1 aromatic carbocycles. The SMILES string of the molecule is C[Si](C)(C)CCOCn1nccc1-c1ccc(Oc2ccc3cc(C(=O)O)[nH]c3c2)nc1. The van der Waals surface area contributed by atoms with E-state index in [4.69, 9.17) is 14.6 Å². The number of carboxylic acid groups (broad SMARTS) is 1. The van der Waals surface area contributed by atoms with Crippen molar-refractivity contribution in [1.82, 2.24) is 19.7 Å². The predicted molar refractivity (Wildman–Crippen MR) is 125 cm³/mol. The summed E-state index contributed by atoms with van der Waals surface area (Å²) in [5.41, 5.74) is 2.66. The molecule has 0 bridgehead atoms. The van der Waals surface area contributed by atoms with Crippen molar-refractivity contribution >= 4 is 24.9 Å². The molecule has 0 amide bonds. The first kappa shape index (κ1) is 21.8. The number of aromatic carboxylic acids is 1. The summed E-state index contributed by atoms with van der Waals surface area (Å²) >= 11 is 0. The highest BCUT2D eigenvalue weighted by atomic mass is 28.3. The molecular weight excluding hydrogens is 424 g/mol. The largest absolute Gasteiger partial charge is 0.477 e. The summed E-state index contributed by atoms with van der Waals surface area (Å²) in [7, 11) is -1.12. The van der Waals surface area contributed by atoms with Crippen LogP contribution >= 0.6 is 0 Å². The number of hydrogen-bond acceptors (Lipinski definition) is 5. The third-order valence-corrected chi connectivity index (χ3v) is 6.71. The highest BCUT2D eigenvalue weighted by Crippen LogP contribution is 2.27. The smallest absolute Gasteiger partial charge is 0.352 e. The van der Waals surface area contributed by atoms with Gasteiger partial charge in [0.2, 0.25) is 5.88 Å². The van der Waals surface area contributed by atoms with Crippen LogP contribution in [-0.2, 0) is 11.5 Å². The molecule has 0 radical (unpaired) electrons. The van der Waals surface area contributed by atoms with Crippen molar-refractivity contribution in [2.75, 3.05) is 6.61 Å². The van der Waals surface area contributed by atoms with Crippen molar-refractivity contribution in [2.45, 2.75) is 32.4 Å². The van der Waals surface area contributed by atoms with Crippen LogP contribution in [0.25, 0.3) is 22.2 Å². The van der Waals surface area contributed by atoms with Crippen molar-refractivity contribution < 1.29 is 19.4 Å². The summed E-state index contributed by atoms with van der Waals surface area (Å²) in [6.45, 7) is 8.12. The van der Waals surface area contributed by atoms with Crippen LogP contribution in [0.3, 0.4) is 0 Å². The fourth-order valence-corrected chi connectivity index (χ4v) is 3.96. The van der Waals surface area contributed by atoms with Gasteiger partial charge in [-0.25, -0.2) is 14.5 Å².